The fourth-order valence-corrected chi connectivity index (χ4v) is 1.60. The molecule has 1 amide bonds. The quantitative estimate of drug-likeness (QED) is 0.783. The Labute approximate surface area is 95.6 Å². The Bertz CT molecular complexity index is 349. The third-order valence-corrected chi connectivity index (χ3v) is 2.58. The van der Waals surface area contributed by atoms with Gasteiger partial charge in [0.1, 0.15) is 5.88 Å². The molecule has 0 aliphatic rings. The molecule has 1 N–H and O–H groups in total. The van der Waals surface area contributed by atoms with Gasteiger partial charge in [0.05, 0.1) is 0 Å². The summed E-state index contributed by atoms with van der Waals surface area (Å²) in [4.78, 5) is 10.9. The maximum absolute atomic E-state index is 10.9. The average Bonchev–Trinajstić information content (AvgIpc) is 2.21. The first-order valence-corrected chi connectivity index (χ1v) is 5.55. The second-order valence-electron chi connectivity index (χ2n) is 3.66. The van der Waals surface area contributed by atoms with E-state index in [4.69, 9.17) is 11.6 Å². The van der Waals surface area contributed by atoms with Crippen LogP contribution in [0.25, 0.3) is 0 Å². The molecule has 0 saturated carbocycles. The van der Waals surface area contributed by atoms with E-state index in [0.29, 0.717) is 6.54 Å². The van der Waals surface area contributed by atoms with Gasteiger partial charge in [0.25, 0.3) is 0 Å². The van der Waals surface area contributed by atoms with Crippen LogP contribution in [0.15, 0.2) is 18.2 Å². The van der Waals surface area contributed by atoms with E-state index in [9.17, 15) is 4.79 Å². The Balaban J connectivity index is 2.47. The predicted molar refractivity (Wildman–Crippen MR) is 63.3 cm³/mol. The molecular formula is C12H16ClNO. The summed E-state index contributed by atoms with van der Waals surface area (Å²) < 4.78 is 0. The first-order chi connectivity index (χ1) is 7.13. The number of hydrogen-bond donors (Lipinski definition) is 1. The zero-order valence-corrected chi connectivity index (χ0v) is 9.90. The van der Waals surface area contributed by atoms with Crippen LogP contribution in [0.2, 0.25) is 0 Å². The normalized spacial score (nSPS) is 10.1. The largest absolute Gasteiger partial charge is 0.355 e. The second-order valence-corrected chi connectivity index (χ2v) is 3.93. The monoisotopic (exact) mass is 225 g/mol. The van der Waals surface area contributed by atoms with Crippen molar-refractivity contribution in [3.05, 3.63) is 34.9 Å². The fraction of sp³-hybridized carbons (Fsp3) is 0.417. The van der Waals surface area contributed by atoms with E-state index < -0.39 is 0 Å². The molecule has 82 valence electrons. The van der Waals surface area contributed by atoms with Crippen LogP contribution < -0.4 is 5.32 Å². The van der Waals surface area contributed by atoms with Crippen molar-refractivity contribution in [2.24, 2.45) is 0 Å². The average molecular weight is 226 g/mol. The predicted octanol–water partition coefficient (Wildman–Crippen LogP) is 2.20. The zero-order chi connectivity index (χ0) is 11.3. The number of benzene rings is 1. The first-order valence-electron chi connectivity index (χ1n) is 5.02. The third-order valence-electron chi connectivity index (χ3n) is 2.34. The Morgan fingerprint density at radius 3 is 2.73 bits per heavy atom. The van der Waals surface area contributed by atoms with E-state index in [2.05, 4.69) is 37.4 Å². The number of halogens is 1. The first kappa shape index (κ1) is 12.1. The van der Waals surface area contributed by atoms with E-state index in [1.165, 1.54) is 16.7 Å². The number of alkyl halides is 1. The minimum Gasteiger partial charge on any atom is -0.355 e. The van der Waals surface area contributed by atoms with Crippen molar-refractivity contribution < 1.29 is 4.79 Å². The van der Waals surface area contributed by atoms with Crippen LogP contribution in [0.5, 0.6) is 0 Å². The van der Waals surface area contributed by atoms with Gasteiger partial charge in [0.15, 0.2) is 0 Å². The molecule has 3 heteroatoms. The smallest absolute Gasteiger partial charge is 0.234 e. The van der Waals surface area contributed by atoms with Gasteiger partial charge in [-0.1, -0.05) is 23.8 Å². The van der Waals surface area contributed by atoms with Crippen molar-refractivity contribution in [1.29, 1.82) is 0 Å². The highest BCUT2D eigenvalue weighted by molar-refractivity contribution is 6.27. The van der Waals surface area contributed by atoms with Gasteiger partial charge in [-0.3, -0.25) is 4.79 Å². The van der Waals surface area contributed by atoms with Crippen molar-refractivity contribution in [2.45, 2.75) is 20.3 Å². The molecule has 1 aromatic rings. The van der Waals surface area contributed by atoms with Crippen LogP contribution in [-0.2, 0) is 11.2 Å². The molecule has 0 saturated heterocycles. The van der Waals surface area contributed by atoms with Crippen LogP contribution in [0.4, 0.5) is 0 Å². The summed E-state index contributed by atoms with van der Waals surface area (Å²) in [7, 11) is 0. The van der Waals surface area contributed by atoms with Crippen LogP contribution in [0, 0.1) is 13.8 Å². The number of rotatable bonds is 4. The third kappa shape index (κ3) is 3.92. The van der Waals surface area contributed by atoms with Crippen molar-refractivity contribution in [2.75, 3.05) is 12.4 Å². The summed E-state index contributed by atoms with van der Waals surface area (Å²) in [5.74, 6) is -0.0752. The van der Waals surface area contributed by atoms with Crippen LogP contribution in [0.3, 0.4) is 0 Å². The SMILES string of the molecule is Cc1ccc(CCNC(=O)CCl)c(C)c1. The van der Waals surface area contributed by atoms with Gasteiger partial charge < -0.3 is 5.32 Å². The van der Waals surface area contributed by atoms with Gasteiger partial charge in [-0.25, -0.2) is 0 Å². The molecule has 0 spiro atoms. The molecule has 0 unspecified atom stereocenters. The number of carbonyl (C=O) groups excluding carboxylic acids is 1. The summed E-state index contributed by atoms with van der Waals surface area (Å²) in [6, 6.07) is 6.35. The maximum atomic E-state index is 10.9. The summed E-state index contributed by atoms with van der Waals surface area (Å²) in [5.41, 5.74) is 3.81. The number of aryl methyl sites for hydroxylation is 2. The Morgan fingerprint density at radius 1 is 1.40 bits per heavy atom. The lowest BCUT2D eigenvalue weighted by molar-refractivity contribution is -0.118. The zero-order valence-electron chi connectivity index (χ0n) is 9.14. The standard InChI is InChI=1S/C12H16ClNO/c1-9-3-4-11(10(2)7-9)5-6-14-12(15)8-13/h3-4,7H,5-6,8H2,1-2H3,(H,14,15). The minimum atomic E-state index is -0.110. The van der Waals surface area contributed by atoms with E-state index in [0.717, 1.165) is 6.42 Å². The number of carbonyl (C=O) groups is 1. The molecule has 0 aromatic heterocycles. The van der Waals surface area contributed by atoms with Crippen LogP contribution >= 0.6 is 11.6 Å². The molecule has 0 atom stereocenters. The molecule has 0 bridgehead atoms. The molecule has 15 heavy (non-hydrogen) atoms. The van der Waals surface area contributed by atoms with Crippen molar-refractivity contribution in [3.63, 3.8) is 0 Å². The van der Waals surface area contributed by atoms with Gasteiger partial charge in [-0.05, 0) is 31.4 Å². The lowest BCUT2D eigenvalue weighted by Gasteiger charge is -2.07. The van der Waals surface area contributed by atoms with Gasteiger partial charge >= 0.3 is 0 Å². The van der Waals surface area contributed by atoms with E-state index in [1.54, 1.807) is 0 Å². The lowest BCUT2D eigenvalue weighted by atomic mass is 10.0. The van der Waals surface area contributed by atoms with E-state index in [1.807, 2.05) is 0 Å². The second kappa shape index (κ2) is 5.76. The number of nitrogens with one attached hydrogen (secondary N) is 1. The fourth-order valence-electron chi connectivity index (χ4n) is 1.51. The Hall–Kier alpha value is -1.02. The highest BCUT2D eigenvalue weighted by atomic mass is 35.5. The van der Waals surface area contributed by atoms with E-state index >= 15 is 0 Å². The Kier molecular flexibility index (Phi) is 4.63. The van der Waals surface area contributed by atoms with Crippen LogP contribution in [-0.4, -0.2) is 18.3 Å². The summed E-state index contributed by atoms with van der Waals surface area (Å²) >= 11 is 5.37. The highest BCUT2D eigenvalue weighted by Crippen LogP contribution is 2.10. The molecule has 1 rings (SSSR count). The summed E-state index contributed by atoms with van der Waals surface area (Å²) in [6.07, 6.45) is 0.856. The summed E-state index contributed by atoms with van der Waals surface area (Å²) in [6.45, 7) is 4.81. The van der Waals surface area contributed by atoms with Gasteiger partial charge in [0, 0.05) is 6.54 Å². The molecule has 1 aromatic carbocycles. The van der Waals surface area contributed by atoms with Crippen LogP contribution in [0.1, 0.15) is 16.7 Å². The van der Waals surface area contributed by atoms with Crippen molar-refractivity contribution in [3.8, 4) is 0 Å². The number of hydrogen-bond acceptors (Lipinski definition) is 1. The molecule has 2 nitrogen and oxygen atoms in total. The maximum Gasteiger partial charge on any atom is 0.234 e. The molecular weight excluding hydrogens is 210 g/mol. The molecule has 0 radical (unpaired) electrons. The van der Waals surface area contributed by atoms with Crippen molar-refractivity contribution in [1.82, 2.24) is 5.32 Å². The Morgan fingerprint density at radius 2 is 2.13 bits per heavy atom. The molecule has 0 heterocycles. The van der Waals surface area contributed by atoms with Crippen molar-refractivity contribution >= 4 is 17.5 Å². The molecule has 0 aliphatic heterocycles. The molecule has 0 fully saturated rings. The topological polar surface area (TPSA) is 29.1 Å². The lowest BCUT2D eigenvalue weighted by Crippen LogP contribution is -2.26. The van der Waals surface area contributed by atoms with E-state index in [-0.39, 0.29) is 11.8 Å². The minimum absolute atomic E-state index is 0.0346. The highest BCUT2D eigenvalue weighted by Gasteiger charge is 2.00. The summed E-state index contributed by atoms with van der Waals surface area (Å²) in [5, 5.41) is 2.75. The molecule has 0 aliphatic carbocycles. The van der Waals surface area contributed by atoms with Gasteiger partial charge in [0.2, 0.25) is 5.91 Å². The van der Waals surface area contributed by atoms with Gasteiger partial charge in [-0.2, -0.15) is 0 Å². The number of amides is 1. The van der Waals surface area contributed by atoms with Gasteiger partial charge in [-0.15, -0.1) is 11.6 Å².